The molecule has 0 amide bonds. The van der Waals surface area contributed by atoms with Gasteiger partial charge in [-0.3, -0.25) is 0 Å². The van der Waals surface area contributed by atoms with Crippen LogP contribution in [0.3, 0.4) is 0 Å². The van der Waals surface area contributed by atoms with Crippen LogP contribution in [0.25, 0.3) is 10.2 Å². The van der Waals surface area contributed by atoms with Crippen molar-refractivity contribution in [2.24, 2.45) is 5.92 Å². The van der Waals surface area contributed by atoms with Crippen LogP contribution in [0.5, 0.6) is 0 Å². The van der Waals surface area contributed by atoms with Crippen LogP contribution in [0.4, 0.5) is 11.4 Å². The molecule has 2 aromatic rings. The van der Waals surface area contributed by atoms with E-state index in [-0.39, 0.29) is 0 Å². The van der Waals surface area contributed by atoms with E-state index in [0.29, 0.717) is 0 Å². The maximum Gasteiger partial charge on any atom is 0.0907 e. The molecule has 3 rings (SSSR count). The molecule has 114 valence electrons. The standard InChI is InChI=1S/C16H24N4S/c1-11-3-6-20(7-4-11)8-5-18-14-10-15-16(9-13(14)17)21-12(2)19-15/h9-11,18H,3-8,17H2,1-2H3. The largest absolute Gasteiger partial charge is 0.397 e. The molecule has 1 aromatic heterocycles. The van der Waals surface area contributed by atoms with Gasteiger partial charge in [0.15, 0.2) is 0 Å². The molecule has 1 aliphatic heterocycles. The Morgan fingerprint density at radius 2 is 2.14 bits per heavy atom. The number of hydrogen-bond acceptors (Lipinski definition) is 5. The van der Waals surface area contributed by atoms with Crippen molar-refractivity contribution >= 4 is 32.9 Å². The van der Waals surface area contributed by atoms with Crippen molar-refractivity contribution < 1.29 is 0 Å². The first-order valence-electron chi connectivity index (χ1n) is 7.74. The molecule has 2 heterocycles. The minimum Gasteiger partial charge on any atom is -0.397 e. The minimum atomic E-state index is 0.818. The number of nitrogens with zero attached hydrogens (tertiary/aromatic N) is 2. The number of nitrogen functional groups attached to an aromatic ring is 1. The highest BCUT2D eigenvalue weighted by Crippen LogP contribution is 2.29. The van der Waals surface area contributed by atoms with E-state index in [4.69, 9.17) is 5.73 Å². The van der Waals surface area contributed by atoms with Gasteiger partial charge in [-0.05, 0) is 50.9 Å². The van der Waals surface area contributed by atoms with Gasteiger partial charge in [0.2, 0.25) is 0 Å². The van der Waals surface area contributed by atoms with Gasteiger partial charge in [0.05, 0.1) is 26.6 Å². The summed E-state index contributed by atoms with van der Waals surface area (Å²) in [5.41, 5.74) is 9.01. The van der Waals surface area contributed by atoms with Gasteiger partial charge in [0.1, 0.15) is 0 Å². The Morgan fingerprint density at radius 3 is 2.90 bits per heavy atom. The van der Waals surface area contributed by atoms with Crippen LogP contribution < -0.4 is 11.1 Å². The Labute approximate surface area is 130 Å². The molecule has 0 unspecified atom stereocenters. The summed E-state index contributed by atoms with van der Waals surface area (Å²) in [4.78, 5) is 7.07. The number of fused-ring (bicyclic) bond motifs is 1. The van der Waals surface area contributed by atoms with Crippen LogP contribution in [0.15, 0.2) is 12.1 Å². The second-order valence-electron chi connectivity index (χ2n) is 6.09. The molecule has 4 nitrogen and oxygen atoms in total. The Kier molecular flexibility index (Phi) is 4.31. The van der Waals surface area contributed by atoms with E-state index in [0.717, 1.165) is 40.9 Å². The molecule has 0 bridgehead atoms. The van der Waals surface area contributed by atoms with Gasteiger partial charge in [-0.1, -0.05) is 6.92 Å². The van der Waals surface area contributed by atoms with Crippen molar-refractivity contribution in [3.63, 3.8) is 0 Å². The fourth-order valence-electron chi connectivity index (χ4n) is 2.89. The molecule has 0 aliphatic carbocycles. The van der Waals surface area contributed by atoms with Crippen molar-refractivity contribution in [3.8, 4) is 0 Å². The quantitative estimate of drug-likeness (QED) is 0.851. The first kappa shape index (κ1) is 14.6. The smallest absolute Gasteiger partial charge is 0.0907 e. The van der Waals surface area contributed by atoms with Crippen LogP contribution in [0.2, 0.25) is 0 Å². The van der Waals surface area contributed by atoms with E-state index < -0.39 is 0 Å². The molecule has 0 spiro atoms. The molecule has 1 saturated heterocycles. The van der Waals surface area contributed by atoms with Gasteiger partial charge >= 0.3 is 0 Å². The summed E-state index contributed by atoms with van der Waals surface area (Å²) in [6.45, 7) is 8.85. The highest BCUT2D eigenvalue weighted by atomic mass is 32.1. The maximum atomic E-state index is 6.14. The predicted molar refractivity (Wildman–Crippen MR) is 92.1 cm³/mol. The van der Waals surface area contributed by atoms with Gasteiger partial charge in [0.25, 0.3) is 0 Å². The lowest BCUT2D eigenvalue weighted by atomic mass is 9.99. The van der Waals surface area contributed by atoms with Crippen molar-refractivity contribution in [2.75, 3.05) is 37.2 Å². The van der Waals surface area contributed by atoms with Gasteiger partial charge in [-0.2, -0.15) is 0 Å². The number of thiazole rings is 1. The van der Waals surface area contributed by atoms with E-state index in [9.17, 15) is 0 Å². The second kappa shape index (κ2) is 6.20. The SMILES string of the molecule is Cc1nc2cc(NCCN3CCC(C)CC3)c(N)cc2s1. The highest BCUT2D eigenvalue weighted by Gasteiger charge is 2.15. The van der Waals surface area contributed by atoms with Gasteiger partial charge in [0, 0.05) is 13.1 Å². The van der Waals surface area contributed by atoms with E-state index in [1.54, 1.807) is 11.3 Å². The number of likely N-dealkylation sites (tertiary alicyclic amines) is 1. The minimum absolute atomic E-state index is 0.818. The summed E-state index contributed by atoms with van der Waals surface area (Å²) in [7, 11) is 0. The fraction of sp³-hybridized carbons (Fsp3) is 0.562. The molecule has 0 radical (unpaired) electrons. The van der Waals surface area contributed by atoms with E-state index in [1.807, 2.05) is 13.0 Å². The monoisotopic (exact) mass is 304 g/mol. The summed E-state index contributed by atoms with van der Waals surface area (Å²) in [6, 6.07) is 4.11. The Morgan fingerprint density at radius 1 is 1.38 bits per heavy atom. The van der Waals surface area contributed by atoms with E-state index in [2.05, 4.69) is 28.2 Å². The summed E-state index contributed by atoms with van der Waals surface area (Å²) in [5, 5.41) is 4.56. The Bertz CT molecular complexity index is 614. The number of piperidine rings is 1. The third-order valence-corrected chi connectivity index (χ3v) is 5.22. The number of hydrogen-bond donors (Lipinski definition) is 2. The zero-order valence-electron chi connectivity index (χ0n) is 12.9. The van der Waals surface area contributed by atoms with Gasteiger partial charge < -0.3 is 16.0 Å². The number of benzene rings is 1. The Balaban J connectivity index is 1.58. The average molecular weight is 304 g/mol. The normalized spacial score (nSPS) is 17.4. The zero-order valence-corrected chi connectivity index (χ0v) is 13.7. The molecule has 1 fully saturated rings. The van der Waals surface area contributed by atoms with E-state index in [1.165, 1.54) is 30.6 Å². The first-order valence-corrected chi connectivity index (χ1v) is 8.56. The fourth-order valence-corrected chi connectivity index (χ4v) is 3.75. The first-order chi connectivity index (χ1) is 10.1. The summed E-state index contributed by atoms with van der Waals surface area (Å²) >= 11 is 1.69. The number of aromatic nitrogens is 1. The summed E-state index contributed by atoms with van der Waals surface area (Å²) in [5.74, 6) is 0.889. The molecule has 1 aliphatic rings. The van der Waals surface area contributed by atoms with Crippen molar-refractivity contribution in [2.45, 2.75) is 26.7 Å². The number of anilines is 2. The van der Waals surface area contributed by atoms with Crippen molar-refractivity contribution in [1.82, 2.24) is 9.88 Å². The molecule has 5 heteroatoms. The molecule has 3 N–H and O–H groups in total. The van der Waals surface area contributed by atoms with Crippen LogP contribution in [-0.2, 0) is 0 Å². The molecular formula is C16H24N4S. The molecule has 0 atom stereocenters. The lowest BCUT2D eigenvalue weighted by Gasteiger charge is -2.30. The van der Waals surface area contributed by atoms with Crippen LogP contribution in [-0.4, -0.2) is 36.1 Å². The van der Waals surface area contributed by atoms with Crippen LogP contribution in [0, 0.1) is 12.8 Å². The number of nitrogens with two attached hydrogens (primary N) is 1. The van der Waals surface area contributed by atoms with Crippen LogP contribution in [0.1, 0.15) is 24.8 Å². The van der Waals surface area contributed by atoms with Crippen LogP contribution >= 0.6 is 11.3 Å². The lowest BCUT2D eigenvalue weighted by molar-refractivity contribution is 0.199. The molecule has 1 aromatic carbocycles. The predicted octanol–water partition coefficient (Wildman–Crippen LogP) is 3.33. The zero-order chi connectivity index (χ0) is 14.8. The third-order valence-electron chi connectivity index (χ3n) is 4.29. The maximum absolute atomic E-state index is 6.14. The Hall–Kier alpha value is -1.33. The molecule has 21 heavy (non-hydrogen) atoms. The number of aryl methyl sites for hydroxylation is 1. The second-order valence-corrected chi connectivity index (χ2v) is 7.33. The number of nitrogens with one attached hydrogen (secondary N) is 1. The topological polar surface area (TPSA) is 54.2 Å². The van der Waals surface area contributed by atoms with Crippen molar-refractivity contribution in [1.29, 1.82) is 0 Å². The number of rotatable bonds is 4. The summed E-state index contributed by atoms with van der Waals surface area (Å²) in [6.07, 6.45) is 2.65. The van der Waals surface area contributed by atoms with Gasteiger partial charge in [-0.15, -0.1) is 11.3 Å². The molecular weight excluding hydrogens is 280 g/mol. The third kappa shape index (κ3) is 3.47. The van der Waals surface area contributed by atoms with Gasteiger partial charge in [-0.25, -0.2) is 4.98 Å². The summed E-state index contributed by atoms with van der Waals surface area (Å²) < 4.78 is 1.17. The van der Waals surface area contributed by atoms with E-state index >= 15 is 0 Å². The average Bonchev–Trinajstić information content (AvgIpc) is 2.80. The van der Waals surface area contributed by atoms with Crippen molar-refractivity contribution in [3.05, 3.63) is 17.1 Å². The lowest BCUT2D eigenvalue weighted by Crippen LogP contribution is -2.36. The highest BCUT2D eigenvalue weighted by molar-refractivity contribution is 7.18. The molecule has 0 saturated carbocycles.